The summed E-state index contributed by atoms with van der Waals surface area (Å²) in [6.45, 7) is 2.12. The Kier molecular flexibility index (Phi) is 5.74. The van der Waals surface area contributed by atoms with Gasteiger partial charge in [-0.1, -0.05) is 44.7 Å². The van der Waals surface area contributed by atoms with E-state index in [0.29, 0.717) is 0 Å². The first-order valence-corrected chi connectivity index (χ1v) is 9.25. The lowest BCUT2D eigenvalue weighted by atomic mass is 9.88. The van der Waals surface area contributed by atoms with E-state index in [9.17, 15) is 4.79 Å². The van der Waals surface area contributed by atoms with Gasteiger partial charge in [-0.3, -0.25) is 9.89 Å². The van der Waals surface area contributed by atoms with Gasteiger partial charge in [-0.2, -0.15) is 5.10 Å². The normalized spacial score (nSPS) is 15.1. The number of amides is 1. The number of aromatic amines is 1. The first-order valence-electron chi connectivity index (χ1n) is 9.25. The number of aromatic nitrogens is 2. The number of carbonyl (C=O) groups is 1. The van der Waals surface area contributed by atoms with E-state index in [0.717, 1.165) is 66.9 Å². The third-order valence-electron chi connectivity index (χ3n) is 4.91. The van der Waals surface area contributed by atoms with Crippen molar-refractivity contribution in [3.05, 3.63) is 30.0 Å². The lowest BCUT2D eigenvalue weighted by Crippen LogP contribution is -2.25. The number of methoxy groups -OCH3 is 1. The number of ether oxygens (including phenoxy) is 1. The molecular weight excluding hydrogens is 314 g/mol. The minimum atomic E-state index is 0.122. The highest BCUT2D eigenvalue weighted by molar-refractivity contribution is 5.97. The summed E-state index contributed by atoms with van der Waals surface area (Å²) < 4.78 is 5.32. The van der Waals surface area contributed by atoms with Crippen molar-refractivity contribution in [1.29, 1.82) is 0 Å². The molecule has 0 aliphatic heterocycles. The molecule has 5 nitrogen and oxygen atoms in total. The van der Waals surface area contributed by atoms with E-state index >= 15 is 0 Å². The number of benzene rings is 1. The van der Waals surface area contributed by atoms with Crippen molar-refractivity contribution in [1.82, 2.24) is 10.2 Å². The minimum Gasteiger partial charge on any atom is -0.497 e. The summed E-state index contributed by atoms with van der Waals surface area (Å²) in [6.07, 6.45) is 7.36. The maximum absolute atomic E-state index is 12.8. The summed E-state index contributed by atoms with van der Waals surface area (Å²) in [5.74, 6) is 1.03. The van der Waals surface area contributed by atoms with Crippen LogP contribution in [0.1, 0.15) is 51.1 Å². The summed E-state index contributed by atoms with van der Waals surface area (Å²) in [7, 11) is 1.65. The maximum atomic E-state index is 12.8. The predicted molar refractivity (Wildman–Crippen MR) is 99.8 cm³/mol. The molecule has 1 aliphatic carbocycles. The molecule has 1 fully saturated rings. The number of aryl methyl sites for hydroxylation is 1. The summed E-state index contributed by atoms with van der Waals surface area (Å²) in [5.41, 5.74) is 3.54. The molecule has 2 aromatic rings. The van der Waals surface area contributed by atoms with E-state index in [1.165, 1.54) is 6.42 Å². The lowest BCUT2D eigenvalue weighted by molar-refractivity contribution is -0.120. The molecule has 1 amide bonds. The molecule has 1 aromatic carbocycles. The Bertz CT molecular complexity index is 717. The molecule has 1 heterocycles. The molecule has 134 valence electrons. The molecule has 25 heavy (non-hydrogen) atoms. The quantitative estimate of drug-likeness (QED) is 0.809. The molecule has 5 heteroatoms. The van der Waals surface area contributed by atoms with E-state index in [4.69, 9.17) is 4.74 Å². The number of H-pyrrole nitrogens is 1. The van der Waals surface area contributed by atoms with Crippen LogP contribution < -0.4 is 10.1 Å². The molecule has 1 aromatic heterocycles. The summed E-state index contributed by atoms with van der Waals surface area (Å²) >= 11 is 0. The number of nitrogens with zero attached hydrogens (tertiary/aromatic N) is 1. The minimum absolute atomic E-state index is 0.122. The molecule has 2 N–H and O–H groups in total. The second-order valence-electron chi connectivity index (χ2n) is 6.73. The largest absolute Gasteiger partial charge is 0.497 e. The number of hydrogen-bond acceptors (Lipinski definition) is 3. The van der Waals surface area contributed by atoms with E-state index in [-0.39, 0.29) is 11.8 Å². The maximum Gasteiger partial charge on any atom is 0.227 e. The average Bonchev–Trinajstić information content (AvgIpc) is 3.05. The molecule has 1 saturated carbocycles. The van der Waals surface area contributed by atoms with Gasteiger partial charge in [0.05, 0.1) is 18.5 Å². The van der Waals surface area contributed by atoms with Gasteiger partial charge in [0.2, 0.25) is 5.91 Å². The van der Waals surface area contributed by atoms with Gasteiger partial charge in [0, 0.05) is 11.5 Å². The van der Waals surface area contributed by atoms with Crippen LogP contribution in [0, 0.1) is 5.92 Å². The van der Waals surface area contributed by atoms with E-state index in [1.807, 2.05) is 24.3 Å². The fourth-order valence-electron chi connectivity index (χ4n) is 3.51. The summed E-state index contributed by atoms with van der Waals surface area (Å²) in [4.78, 5) is 12.8. The second-order valence-corrected chi connectivity index (χ2v) is 6.73. The Hall–Kier alpha value is -2.30. The zero-order valence-electron chi connectivity index (χ0n) is 15.1. The average molecular weight is 341 g/mol. The van der Waals surface area contributed by atoms with Crippen molar-refractivity contribution in [2.24, 2.45) is 5.92 Å². The number of anilines is 1. The van der Waals surface area contributed by atoms with Crippen LogP contribution in [0.4, 0.5) is 5.69 Å². The standard InChI is InChI=1S/C20H27N3O2/c1-3-8-17-19(21-20(24)14-9-5-4-6-10-14)18(23-22-17)15-11-7-12-16(13-15)25-2/h7,11-14H,3-6,8-10H2,1-2H3,(H,21,24)(H,22,23). The Morgan fingerprint density at radius 2 is 2.12 bits per heavy atom. The SMILES string of the molecule is CCCc1[nH]nc(-c2cccc(OC)c2)c1NC(=O)C1CCCCC1. The van der Waals surface area contributed by atoms with Gasteiger partial charge >= 0.3 is 0 Å². The molecule has 1 aliphatic rings. The number of nitrogens with one attached hydrogen (secondary N) is 2. The van der Waals surface area contributed by atoms with Crippen LogP contribution in [-0.4, -0.2) is 23.2 Å². The molecule has 0 spiro atoms. The van der Waals surface area contributed by atoms with Crippen LogP contribution >= 0.6 is 0 Å². The van der Waals surface area contributed by atoms with Gasteiger partial charge in [0.15, 0.2) is 0 Å². The number of rotatable bonds is 6. The third-order valence-corrected chi connectivity index (χ3v) is 4.91. The molecular formula is C20H27N3O2. The van der Waals surface area contributed by atoms with Gasteiger partial charge in [0.1, 0.15) is 11.4 Å². The predicted octanol–water partition coefficient (Wildman–Crippen LogP) is 4.56. The highest BCUT2D eigenvalue weighted by atomic mass is 16.5. The first kappa shape index (κ1) is 17.5. The molecule has 0 radical (unpaired) electrons. The van der Waals surface area contributed by atoms with Crippen molar-refractivity contribution in [3.63, 3.8) is 0 Å². The lowest BCUT2D eigenvalue weighted by Gasteiger charge is -2.21. The molecule has 0 atom stereocenters. The van der Waals surface area contributed by atoms with Crippen LogP contribution in [0.5, 0.6) is 5.75 Å². The Morgan fingerprint density at radius 1 is 1.32 bits per heavy atom. The number of hydrogen-bond donors (Lipinski definition) is 2. The van der Waals surface area contributed by atoms with Gasteiger partial charge < -0.3 is 10.1 Å². The van der Waals surface area contributed by atoms with Crippen molar-refractivity contribution in [2.75, 3.05) is 12.4 Å². The zero-order valence-corrected chi connectivity index (χ0v) is 15.1. The first-order chi connectivity index (χ1) is 12.2. The smallest absolute Gasteiger partial charge is 0.227 e. The Balaban J connectivity index is 1.89. The van der Waals surface area contributed by atoms with Gasteiger partial charge in [0.25, 0.3) is 0 Å². The van der Waals surface area contributed by atoms with Crippen molar-refractivity contribution in [3.8, 4) is 17.0 Å². The van der Waals surface area contributed by atoms with Crippen LogP contribution in [-0.2, 0) is 11.2 Å². The molecule has 0 bridgehead atoms. The van der Waals surface area contributed by atoms with Crippen LogP contribution in [0.3, 0.4) is 0 Å². The fourth-order valence-corrected chi connectivity index (χ4v) is 3.51. The zero-order chi connectivity index (χ0) is 17.6. The van der Waals surface area contributed by atoms with E-state index in [2.05, 4.69) is 22.4 Å². The summed E-state index contributed by atoms with van der Waals surface area (Å²) in [6, 6.07) is 7.78. The Morgan fingerprint density at radius 3 is 2.84 bits per heavy atom. The van der Waals surface area contributed by atoms with Gasteiger partial charge in [-0.05, 0) is 31.4 Å². The van der Waals surface area contributed by atoms with Crippen LogP contribution in [0.25, 0.3) is 11.3 Å². The Labute approximate surface area is 149 Å². The highest BCUT2D eigenvalue weighted by Gasteiger charge is 2.24. The highest BCUT2D eigenvalue weighted by Crippen LogP contribution is 2.33. The fraction of sp³-hybridized carbons (Fsp3) is 0.500. The van der Waals surface area contributed by atoms with Crippen molar-refractivity contribution >= 4 is 11.6 Å². The van der Waals surface area contributed by atoms with E-state index < -0.39 is 0 Å². The van der Waals surface area contributed by atoms with Crippen molar-refractivity contribution in [2.45, 2.75) is 51.9 Å². The topological polar surface area (TPSA) is 67.0 Å². The van der Waals surface area contributed by atoms with Gasteiger partial charge in [-0.25, -0.2) is 0 Å². The van der Waals surface area contributed by atoms with E-state index in [1.54, 1.807) is 7.11 Å². The molecule has 3 rings (SSSR count). The monoisotopic (exact) mass is 341 g/mol. The summed E-state index contributed by atoms with van der Waals surface area (Å²) in [5, 5.41) is 10.8. The molecule has 0 unspecified atom stereocenters. The van der Waals surface area contributed by atoms with Gasteiger partial charge in [-0.15, -0.1) is 0 Å². The van der Waals surface area contributed by atoms with Crippen molar-refractivity contribution < 1.29 is 9.53 Å². The van der Waals surface area contributed by atoms with Crippen LogP contribution in [0.2, 0.25) is 0 Å². The third kappa shape index (κ3) is 4.03. The second kappa shape index (κ2) is 8.19. The van der Waals surface area contributed by atoms with Crippen LogP contribution in [0.15, 0.2) is 24.3 Å². The molecule has 0 saturated heterocycles. The number of carbonyl (C=O) groups excluding carboxylic acids is 1.